The van der Waals surface area contributed by atoms with Crippen LogP contribution in [0, 0.1) is 11.8 Å². The minimum absolute atomic E-state index is 0.557. The molecular weight excluding hydrogens is 254 g/mol. The molecule has 0 aliphatic heterocycles. The van der Waals surface area contributed by atoms with Gasteiger partial charge in [-0.15, -0.1) is 0 Å². The van der Waals surface area contributed by atoms with Crippen molar-refractivity contribution in [3.05, 3.63) is 48.1 Å². The molecule has 2 unspecified atom stereocenters. The third-order valence-corrected chi connectivity index (χ3v) is 3.86. The predicted molar refractivity (Wildman–Crippen MR) is 96.3 cm³/mol. The average molecular weight is 283 g/mol. The normalized spacial score (nSPS) is 21.5. The molecule has 0 bridgehead atoms. The van der Waals surface area contributed by atoms with E-state index in [0.29, 0.717) is 11.8 Å². The Balaban J connectivity index is 0.00000106. The molecule has 0 aromatic heterocycles. The van der Waals surface area contributed by atoms with Crippen molar-refractivity contribution in [2.24, 2.45) is 16.8 Å². The van der Waals surface area contributed by atoms with E-state index in [-0.39, 0.29) is 0 Å². The summed E-state index contributed by atoms with van der Waals surface area (Å²) < 4.78 is 0. The SMILES string of the molecule is C=C(C)c1ccccc1N=CC1CCC(C)=CC1C.CC. The minimum Gasteiger partial charge on any atom is -0.260 e. The lowest BCUT2D eigenvalue weighted by molar-refractivity contribution is 0.484. The number of nitrogens with zero attached hydrogens (tertiary/aromatic N) is 1. The Kier molecular flexibility index (Phi) is 7.14. The van der Waals surface area contributed by atoms with Gasteiger partial charge in [0.15, 0.2) is 0 Å². The second kappa shape index (κ2) is 8.61. The van der Waals surface area contributed by atoms with Gasteiger partial charge in [-0.3, -0.25) is 4.99 Å². The molecule has 0 amide bonds. The van der Waals surface area contributed by atoms with Gasteiger partial charge in [-0.1, -0.05) is 57.2 Å². The summed E-state index contributed by atoms with van der Waals surface area (Å²) in [5.74, 6) is 1.15. The van der Waals surface area contributed by atoms with Gasteiger partial charge in [0, 0.05) is 17.7 Å². The standard InChI is InChI=1S/C18H23N.C2H6/c1-13(2)17-7-5-6-8-18(17)19-12-16-10-9-14(3)11-15(16)4;1-2/h5-8,11-12,15-16H,1,9-10H2,2-4H3;1-2H3. The van der Waals surface area contributed by atoms with E-state index < -0.39 is 0 Å². The fourth-order valence-corrected chi connectivity index (χ4v) is 2.65. The lowest BCUT2D eigenvalue weighted by Crippen LogP contribution is -2.15. The van der Waals surface area contributed by atoms with Crippen LogP contribution in [0.3, 0.4) is 0 Å². The second-order valence-corrected chi connectivity index (χ2v) is 5.65. The summed E-state index contributed by atoms with van der Waals surface area (Å²) in [7, 11) is 0. The zero-order valence-corrected chi connectivity index (χ0v) is 14.2. The summed E-state index contributed by atoms with van der Waals surface area (Å²) in [6, 6.07) is 8.23. The second-order valence-electron chi connectivity index (χ2n) is 5.65. The largest absolute Gasteiger partial charge is 0.260 e. The molecule has 1 aromatic rings. The summed E-state index contributed by atoms with van der Waals surface area (Å²) in [5.41, 5.74) is 4.77. The number of rotatable bonds is 3. The van der Waals surface area contributed by atoms with E-state index in [9.17, 15) is 0 Å². The zero-order valence-electron chi connectivity index (χ0n) is 14.2. The van der Waals surface area contributed by atoms with Crippen LogP contribution < -0.4 is 0 Å². The molecule has 1 heteroatoms. The maximum Gasteiger partial charge on any atom is 0.0700 e. The van der Waals surface area contributed by atoms with Crippen LogP contribution in [0.25, 0.3) is 5.57 Å². The van der Waals surface area contributed by atoms with Gasteiger partial charge in [0.25, 0.3) is 0 Å². The van der Waals surface area contributed by atoms with E-state index in [2.05, 4.69) is 44.8 Å². The van der Waals surface area contributed by atoms with Gasteiger partial charge in [0.05, 0.1) is 5.69 Å². The average Bonchev–Trinajstić information content (AvgIpc) is 2.48. The predicted octanol–water partition coefficient (Wildman–Crippen LogP) is 6.44. The van der Waals surface area contributed by atoms with Crippen LogP contribution in [-0.4, -0.2) is 6.21 Å². The first-order valence-corrected chi connectivity index (χ1v) is 8.04. The maximum atomic E-state index is 4.71. The number of benzene rings is 1. The number of hydrogen-bond acceptors (Lipinski definition) is 1. The van der Waals surface area contributed by atoms with Gasteiger partial charge in [-0.05, 0) is 44.2 Å². The third kappa shape index (κ3) is 5.00. The lowest BCUT2D eigenvalue weighted by Gasteiger charge is -2.23. The molecule has 114 valence electrons. The van der Waals surface area contributed by atoms with Crippen LogP contribution >= 0.6 is 0 Å². The molecule has 2 rings (SSSR count). The van der Waals surface area contributed by atoms with E-state index in [1.807, 2.05) is 32.9 Å². The van der Waals surface area contributed by atoms with E-state index >= 15 is 0 Å². The van der Waals surface area contributed by atoms with Crippen LogP contribution in [0.1, 0.15) is 53.0 Å². The Hall–Kier alpha value is -1.63. The molecule has 2 atom stereocenters. The number of hydrogen-bond donors (Lipinski definition) is 0. The number of aliphatic imine (C=N–C) groups is 1. The van der Waals surface area contributed by atoms with Crippen molar-refractivity contribution in [2.75, 3.05) is 0 Å². The molecule has 1 aliphatic rings. The van der Waals surface area contributed by atoms with Crippen molar-refractivity contribution in [3.63, 3.8) is 0 Å². The zero-order chi connectivity index (χ0) is 15.8. The summed E-state index contributed by atoms with van der Waals surface area (Å²) in [6.45, 7) is 14.6. The van der Waals surface area contributed by atoms with Gasteiger partial charge in [-0.25, -0.2) is 0 Å². The van der Waals surface area contributed by atoms with Gasteiger partial charge in [0.2, 0.25) is 0 Å². The molecule has 0 saturated carbocycles. The first kappa shape index (κ1) is 17.4. The lowest BCUT2D eigenvalue weighted by atomic mass is 9.83. The molecule has 0 N–H and O–H groups in total. The first-order valence-electron chi connectivity index (χ1n) is 8.04. The van der Waals surface area contributed by atoms with Crippen molar-refractivity contribution in [3.8, 4) is 0 Å². The highest BCUT2D eigenvalue weighted by molar-refractivity contribution is 5.76. The molecule has 1 nitrogen and oxygen atoms in total. The molecule has 0 heterocycles. The van der Waals surface area contributed by atoms with E-state index in [4.69, 9.17) is 4.99 Å². The Morgan fingerprint density at radius 1 is 1.29 bits per heavy atom. The summed E-state index contributed by atoms with van der Waals surface area (Å²) in [5, 5.41) is 0. The molecule has 0 fully saturated rings. The van der Waals surface area contributed by atoms with Crippen LogP contribution in [0.5, 0.6) is 0 Å². The van der Waals surface area contributed by atoms with E-state index in [1.165, 1.54) is 18.4 Å². The van der Waals surface area contributed by atoms with Crippen molar-refractivity contribution < 1.29 is 0 Å². The highest BCUT2D eigenvalue weighted by Gasteiger charge is 2.17. The van der Waals surface area contributed by atoms with Crippen molar-refractivity contribution in [1.82, 2.24) is 0 Å². The van der Waals surface area contributed by atoms with Crippen molar-refractivity contribution in [2.45, 2.75) is 47.5 Å². The van der Waals surface area contributed by atoms with Crippen LogP contribution in [-0.2, 0) is 0 Å². The highest BCUT2D eigenvalue weighted by Crippen LogP contribution is 2.29. The molecular formula is C20H29N. The Morgan fingerprint density at radius 2 is 1.95 bits per heavy atom. The van der Waals surface area contributed by atoms with Crippen molar-refractivity contribution in [1.29, 1.82) is 0 Å². The van der Waals surface area contributed by atoms with Crippen LogP contribution in [0.15, 0.2) is 47.5 Å². The monoisotopic (exact) mass is 283 g/mol. The minimum atomic E-state index is 0.557. The summed E-state index contributed by atoms with van der Waals surface area (Å²) in [6.07, 6.45) is 6.92. The molecule has 0 spiro atoms. The van der Waals surface area contributed by atoms with E-state index in [0.717, 1.165) is 16.8 Å². The maximum absolute atomic E-state index is 4.71. The molecule has 21 heavy (non-hydrogen) atoms. The fourth-order valence-electron chi connectivity index (χ4n) is 2.65. The Labute approximate surface area is 130 Å². The summed E-state index contributed by atoms with van der Waals surface area (Å²) in [4.78, 5) is 4.71. The van der Waals surface area contributed by atoms with E-state index in [1.54, 1.807) is 0 Å². The van der Waals surface area contributed by atoms with Gasteiger partial charge in [0.1, 0.15) is 0 Å². The van der Waals surface area contributed by atoms with Gasteiger partial charge in [-0.2, -0.15) is 0 Å². The fraction of sp³-hybridized carbons (Fsp3) is 0.450. The van der Waals surface area contributed by atoms with Crippen LogP contribution in [0.4, 0.5) is 5.69 Å². The Bertz CT molecular complexity index is 522. The van der Waals surface area contributed by atoms with Crippen molar-refractivity contribution >= 4 is 17.5 Å². The highest BCUT2D eigenvalue weighted by atomic mass is 14.7. The molecule has 0 saturated heterocycles. The number of para-hydroxylation sites is 1. The topological polar surface area (TPSA) is 12.4 Å². The van der Waals surface area contributed by atoms with Gasteiger partial charge >= 0.3 is 0 Å². The molecule has 0 radical (unpaired) electrons. The first-order chi connectivity index (χ1) is 10.1. The Morgan fingerprint density at radius 3 is 2.57 bits per heavy atom. The van der Waals surface area contributed by atoms with Gasteiger partial charge < -0.3 is 0 Å². The van der Waals surface area contributed by atoms with Crippen LogP contribution in [0.2, 0.25) is 0 Å². The molecule has 1 aromatic carbocycles. The summed E-state index contributed by atoms with van der Waals surface area (Å²) >= 11 is 0. The quantitative estimate of drug-likeness (QED) is 0.447. The smallest absolute Gasteiger partial charge is 0.0700 e. The third-order valence-electron chi connectivity index (χ3n) is 3.86. The number of allylic oxidation sites excluding steroid dienone is 3. The molecule has 1 aliphatic carbocycles.